The monoisotopic (exact) mass is 451 g/mol. The number of aliphatic imine (C=N–C) groups is 1. The number of non-ortho nitro benzene ring substituents is 1. The average Bonchev–Trinajstić information content (AvgIpc) is 3.47. The first kappa shape index (κ1) is 21.3. The van der Waals surface area contributed by atoms with Gasteiger partial charge in [-0.3, -0.25) is 19.9 Å². The predicted molar refractivity (Wildman–Crippen MR) is 131 cm³/mol. The number of hydrogen-bond donors (Lipinski definition) is 2. The van der Waals surface area contributed by atoms with Gasteiger partial charge in [-0.05, 0) is 23.8 Å². The molecule has 1 aliphatic heterocycles. The molecule has 1 unspecified atom stereocenters. The number of amides is 1. The van der Waals surface area contributed by atoms with E-state index in [1.807, 2.05) is 61.5 Å². The number of nitrogens with one attached hydrogen (secondary N) is 2. The normalized spacial score (nSPS) is 15.1. The highest BCUT2D eigenvalue weighted by atomic mass is 16.6. The Morgan fingerprint density at radius 2 is 1.91 bits per heavy atom. The van der Waals surface area contributed by atoms with E-state index in [-0.39, 0.29) is 11.6 Å². The highest BCUT2D eigenvalue weighted by Crippen LogP contribution is 2.38. The van der Waals surface area contributed by atoms with Crippen molar-refractivity contribution < 1.29 is 9.72 Å². The Kier molecular flexibility index (Phi) is 5.47. The minimum Gasteiger partial charge on any atom is -0.342 e. The molecule has 1 aromatic heterocycles. The van der Waals surface area contributed by atoms with Gasteiger partial charge in [0.2, 0.25) is 5.91 Å². The summed E-state index contributed by atoms with van der Waals surface area (Å²) >= 11 is 0. The van der Waals surface area contributed by atoms with E-state index in [2.05, 4.69) is 15.3 Å². The summed E-state index contributed by atoms with van der Waals surface area (Å²) in [5, 5.41) is 14.2. The van der Waals surface area contributed by atoms with Gasteiger partial charge in [-0.25, -0.2) is 4.98 Å². The zero-order chi connectivity index (χ0) is 23.7. The molecule has 2 heterocycles. The van der Waals surface area contributed by atoms with E-state index in [1.54, 1.807) is 12.3 Å². The molecule has 0 aliphatic carbocycles. The fourth-order valence-corrected chi connectivity index (χ4v) is 4.11. The number of nitro groups is 1. The lowest BCUT2D eigenvalue weighted by Gasteiger charge is -2.14. The van der Waals surface area contributed by atoms with E-state index in [0.717, 1.165) is 29.1 Å². The second-order valence-electron chi connectivity index (χ2n) is 7.96. The van der Waals surface area contributed by atoms with Crippen molar-refractivity contribution >= 4 is 28.7 Å². The third-order valence-corrected chi connectivity index (χ3v) is 5.79. The molecule has 1 amide bonds. The largest absolute Gasteiger partial charge is 0.342 e. The molecule has 0 saturated carbocycles. The molecule has 8 heteroatoms. The topological polar surface area (TPSA) is 113 Å². The van der Waals surface area contributed by atoms with Crippen molar-refractivity contribution in [3.63, 3.8) is 0 Å². The van der Waals surface area contributed by atoms with Crippen molar-refractivity contribution in [3.05, 3.63) is 106 Å². The lowest BCUT2D eigenvalue weighted by Crippen LogP contribution is -2.22. The maximum absolute atomic E-state index is 13.1. The van der Waals surface area contributed by atoms with Gasteiger partial charge >= 0.3 is 0 Å². The van der Waals surface area contributed by atoms with E-state index in [4.69, 9.17) is 4.99 Å². The highest BCUT2D eigenvalue weighted by molar-refractivity contribution is 6.24. The van der Waals surface area contributed by atoms with Gasteiger partial charge < -0.3 is 10.3 Å². The zero-order valence-electron chi connectivity index (χ0n) is 18.4. The fraction of sp³-hybridized carbons (Fsp3) is 0.115. The number of H-pyrrole nitrogens is 1. The highest BCUT2D eigenvalue weighted by Gasteiger charge is 2.36. The van der Waals surface area contributed by atoms with Gasteiger partial charge in [0.05, 0.1) is 28.2 Å². The Morgan fingerprint density at radius 3 is 2.65 bits per heavy atom. The van der Waals surface area contributed by atoms with Crippen molar-refractivity contribution in [1.29, 1.82) is 0 Å². The summed E-state index contributed by atoms with van der Waals surface area (Å²) in [4.78, 5) is 36.5. The van der Waals surface area contributed by atoms with Crippen LogP contribution in [0.4, 0.5) is 17.1 Å². The molecular formula is C26H21N5O3. The minimum absolute atomic E-state index is 0.0689. The number of anilines is 1. The van der Waals surface area contributed by atoms with Gasteiger partial charge in [0.25, 0.3) is 5.69 Å². The molecule has 1 atom stereocenters. The van der Waals surface area contributed by atoms with Crippen LogP contribution in [0.2, 0.25) is 0 Å². The fourth-order valence-electron chi connectivity index (χ4n) is 4.11. The molecule has 0 radical (unpaired) electrons. The van der Waals surface area contributed by atoms with Crippen molar-refractivity contribution in [1.82, 2.24) is 9.97 Å². The molecule has 0 saturated heterocycles. The van der Waals surface area contributed by atoms with Crippen LogP contribution in [-0.4, -0.2) is 26.5 Å². The van der Waals surface area contributed by atoms with Crippen molar-refractivity contribution in [2.24, 2.45) is 4.99 Å². The van der Waals surface area contributed by atoms with Gasteiger partial charge in [0.15, 0.2) is 0 Å². The summed E-state index contributed by atoms with van der Waals surface area (Å²) in [5.74, 6) is -0.148. The Labute approximate surface area is 195 Å². The van der Waals surface area contributed by atoms with Gasteiger partial charge in [0.1, 0.15) is 11.7 Å². The first-order valence-corrected chi connectivity index (χ1v) is 10.9. The number of aromatic amines is 1. The van der Waals surface area contributed by atoms with Crippen molar-refractivity contribution in [2.75, 3.05) is 5.32 Å². The number of carbonyl (C=O) groups excluding carboxylic acids is 1. The van der Waals surface area contributed by atoms with Crippen LogP contribution in [-0.2, 0) is 11.2 Å². The SMILES string of the molecule is CCc1ncc(-c2cccc(N=C(c3ccccc3)C3C(=O)Nc4ccc([N+](=O)[O-])cc43)c2)[nH]1. The van der Waals surface area contributed by atoms with Crippen LogP contribution in [0.25, 0.3) is 11.3 Å². The maximum atomic E-state index is 13.1. The number of aromatic nitrogens is 2. The van der Waals surface area contributed by atoms with E-state index >= 15 is 0 Å². The summed E-state index contributed by atoms with van der Waals surface area (Å²) in [7, 11) is 0. The van der Waals surface area contributed by atoms with Gasteiger partial charge in [-0.2, -0.15) is 0 Å². The molecule has 0 bridgehead atoms. The van der Waals surface area contributed by atoms with Crippen LogP contribution in [0, 0.1) is 10.1 Å². The van der Waals surface area contributed by atoms with E-state index in [0.29, 0.717) is 22.6 Å². The summed E-state index contributed by atoms with van der Waals surface area (Å²) in [6.45, 7) is 2.03. The maximum Gasteiger partial charge on any atom is 0.269 e. The van der Waals surface area contributed by atoms with E-state index in [9.17, 15) is 14.9 Å². The molecule has 0 fully saturated rings. The molecule has 5 rings (SSSR count). The molecule has 168 valence electrons. The zero-order valence-corrected chi connectivity index (χ0v) is 18.4. The van der Waals surface area contributed by atoms with Gasteiger partial charge in [0, 0.05) is 35.4 Å². The number of hydrogen-bond acceptors (Lipinski definition) is 5. The van der Waals surface area contributed by atoms with E-state index in [1.165, 1.54) is 12.1 Å². The first-order chi connectivity index (χ1) is 16.5. The molecule has 0 spiro atoms. The molecule has 1 aliphatic rings. The van der Waals surface area contributed by atoms with Crippen LogP contribution in [0.5, 0.6) is 0 Å². The average molecular weight is 451 g/mol. The number of benzene rings is 3. The third kappa shape index (κ3) is 3.97. The summed E-state index contributed by atoms with van der Waals surface area (Å²) in [5.41, 5.74) is 4.79. The first-order valence-electron chi connectivity index (χ1n) is 10.9. The smallest absolute Gasteiger partial charge is 0.269 e. The quantitative estimate of drug-likeness (QED) is 0.232. The van der Waals surface area contributed by atoms with Gasteiger partial charge in [-0.1, -0.05) is 49.4 Å². The lowest BCUT2D eigenvalue weighted by molar-refractivity contribution is -0.384. The predicted octanol–water partition coefficient (Wildman–Crippen LogP) is 5.40. The number of imidazole rings is 1. The molecule has 34 heavy (non-hydrogen) atoms. The lowest BCUT2D eigenvalue weighted by atomic mass is 9.90. The number of carbonyl (C=O) groups is 1. The number of fused-ring (bicyclic) bond motifs is 1. The molecule has 8 nitrogen and oxygen atoms in total. The second kappa shape index (κ2) is 8.74. The number of rotatable bonds is 6. The van der Waals surface area contributed by atoms with Crippen LogP contribution < -0.4 is 5.32 Å². The standard InChI is InChI=1S/C26H21N5O3/c1-2-23-27-15-22(29-23)17-9-6-10-18(13-17)28-25(16-7-4-3-5-8-16)24-20-14-19(31(33)34)11-12-21(20)30-26(24)32/h3-15,24H,2H2,1H3,(H,27,29)(H,30,32). The van der Waals surface area contributed by atoms with Crippen LogP contribution in [0.1, 0.15) is 29.8 Å². The second-order valence-corrected chi connectivity index (χ2v) is 7.96. The molecule has 2 N–H and O–H groups in total. The Balaban J connectivity index is 1.63. The Hall–Kier alpha value is -4.59. The Morgan fingerprint density at radius 1 is 1.09 bits per heavy atom. The summed E-state index contributed by atoms with van der Waals surface area (Å²) < 4.78 is 0. The van der Waals surface area contributed by atoms with Crippen molar-refractivity contribution in [3.8, 4) is 11.3 Å². The number of nitrogens with zero attached hydrogens (tertiary/aromatic N) is 3. The van der Waals surface area contributed by atoms with Crippen molar-refractivity contribution in [2.45, 2.75) is 19.3 Å². The van der Waals surface area contributed by atoms with E-state index < -0.39 is 10.8 Å². The van der Waals surface area contributed by atoms with Crippen LogP contribution in [0.15, 0.2) is 84.0 Å². The molecular weight excluding hydrogens is 430 g/mol. The van der Waals surface area contributed by atoms with Crippen LogP contribution in [0.3, 0.4) is 0 Å². The van der Waals surface area contributed by atoms with Gasteiger partial charge in [-0.15, -0.1) is 0 Å². The number of nitro benzene ring substituents is 1. The third-order valence-electron chi connectivity index (χ3n) is 5.79. The molecule has 4 aromatic rings. The minimum atomic E-state index is -0.778. The summed E-state index contributed by atoms with van der Waals surface area (Å²) in [6, 6.07) is 21.5. The molecule has 3 aromatic carbocycles. The summed E-state index contributed by atoms with van der Waals surface area (Å²) in [6.07, 6.45) is 2.60. The Bertz CT molecular complexity index is 1430. The van der Waals surface area contributed by atoms with Crippen LogP contribution >= 0.6 is 0 Å². The number of aryl methyl sites for hydroxylation is 1.